The molecule has 0 bridgehead atoms. The molecule has 1 heterocycles. The van der Waals surface area contributed by atoms with Crippen molar-refractivity contribution in [1.82, 2.24) is 10.6 Å². The van der Waals surface area contributed by atoms with Crippen molar-refractivity contribution in [3.05, 3.63) is 22.4 Å². The molecule has 0 amide bonds. The topological polar surface area (TPSA) is 70.6 Å². The number of hydrogen-bond donors (Lipinski definition) is 2. The maximum absolute atomic E-state index is 11.1. The Kier molecular flexibility index (Phi) is 10.2. The highest BCUT2D eigenvalue weighted by atomic mass is 127. The summed E-state index contributed by atoms with van der Waals surface area (Å²) in [6, 6.07) is 4.22. The minimum absolute atomic E-state index is 0. The van der Waals surface area contributed by atoms with Gasteiger partial charge in [-0.25, -0.2) is 8.42 Å². The molecule has 5 nitrogen and oxygen atoms in total. The Morgan fingerprint density at radius 1 is 1.48 bits per heavy atom. The monoisotopic (exact) mass is 445 g/mol. The number of nitrogens with one attached hydrogen (secondary N) is 2. The van der Waals surface area contributed by atoms with E-state index in [-0.39, 0.29) is 35.8 Å². The quantitative estimate of drug-likeness (QED) is 0.382. The molecule has 0 saturated carbocycles. The second-order valence-corrected chi connectivity index (χ2v) is 8.08. The molecule has 0 radical (unpaired) electrons. The highest BCUT2D eigenvalue weighted by Gasteiger charge is 2.09. The van der Waals surface area contributed by atoms with Crippen LogP contribution >= 0.6 is 35.3 Å². The Hall–Kier alpha value is -0.350. The summed E-state index contributed by atoms with van der Waals surface area (Å²) in [5.74, 6) is 0.899. The molecule has 1 rings (SSSR count). The van der Waals surface area contributed by atoms with Crippen LogP contribution in [0.4, 0.5) is 0 Å². The molecule has 0 aliphatic carbocycles. The number of sulfone groups is 1. The van der Waals surface area contributed by atoms with Crippen LogP contribution in [0.5, 0.6) is 0 Å². The van der Waals surface area contributed by atoms with Crippen molar-refractivity contribution in [3.8, 4) is 0 Å². The van der Waals surface area contributed by atoms with Crippen molar-refractivity contribution in [3.63, 3.8) is 0 Å². The summed E-state index contributed by atoms with van der Waals surface area (Å²) in [6.45, 7) is 2.76. The van der Waals surface area contributed by atoms with Gasteiger partial charge in [-0.1, -0.05) is 6.07 Å². The summed E-state index contributed by atoms with van der Waals surface area (Å²) < 4.78 is 22.2. The predicted octanol–water partition coefficient (Wildman–Crippen LogP) is 1.90. The lowest BCUT2D eigenvalue weighted by molar-refractivity contribution is 0.581. The minimum atomic E-state index is -2.91. The van der Waals surface area contributed by atoms with Gasteiger partial charge in [0.25, 0.3) is 0 Å². The Labute approximate surface area is 148 Å². The Bertz CT molecular complexity index is 516. The third kappa shape index (κ3) is 10.1. The van der Waals surface area contributed by atoms with E-state index in [4.69, 9.17) is 0 Å². The van der Waals surface area contributed by atoms with E-state index >= 15 is 0 Å². The van der Waals surface area contributed by atoms with E-state index in [1.54, 1.807) is 18.4 Å². The standard InChI is InChI=1S/C13H23N3O2S2.HI/c1-11(7-10-20(3,17)18)16-13(14-2)15-8-6-12-5-4-9-19-12;/h4-5,9,11H,6-8,10H2,1-3H3,(H2,14,15,16);1H. The average molecular weight is 445 g/mol. The molecule has 0 saturated heterocycles. The molecular weight excluding hydrogens is 421 g/mol. The molecule has 1 aromatic heterocycles. The van der Waals surface area contributed by atoms with Crippen molar-refractivity contribution < 1.29 is 8.42 Å². The lowest BCUT2D eigenvalue weighted by Crippen LogP contribution is -2.43. The molecular formula is C13H24IN3O2S2. The third-order valence-electron chi connectivity index (χ3n) is 2.77. The molecule has 1 unspecified atom stereocenters. The maximum atomic E-state index is 11.1. The molecule has 122 valence electrons. The third-order valence-corrected chi connectivity index (χ3v) is 4.69. The number of thiophene rings is 1. The van der Waals surface area contributed by atoms with Gasteiger partial charge in [-0.2, -0.15) is 0 Å². The molecule has 1 atom stereocenters. The largest absolute Gasteiger partial charge is 0.356 e. The highest BCUT2D eigenvalue weighted by Crippen LogP contribution is 2.07. The second-order valence-electron chi connectivity index (χ2n) is 4.79. The zero-order chi connectivity index (χ0) is 15.0. The first-order valence-electron chi connectivity index (χ1n) is 6.58. The van der Waals surface area contributed by atoms with Crippen LogP contribution in [0.2, 0.25) is 0 Å². The van der Waals surface area contributed by atoms with Crippen molar-refractivity contribution >= 4 is 51.1 Å². The predicted molar refractivity (Wildman–Crippen MR) is 102 cm³/mol. The van der Waals surface area contributed by atoms with Gasteiger partial charge < -0.3 is 10.6 Å². The van der Waals surface area contributed by atoms with Gasteiger partial charge in [0.2, 0.25) is 0 Å². The van der Waals surface area contributed by atoms with E-state index in [0.29, 0.717) is 12.4 Å². The molecule has 0 fully saturated rings. The number of guanidine groups is 1. The van der Waals surface area contributed by atoms with Crippen LogP contribution in [0.25, 0.3) is 0 Å². The van der Waals surface area contributed by atoms with Crippen molar-refractivity contribution in [2.24, 2.45) is 4.99 Å². The van der Waals surface area contributed by atoms with Crippen LogP contribution in [0.1, 0.15) is 18.2 Å². The first-order valence-corrected chi connectivity index (χ1v) is 9.52. The van der Waals surface area contributed by atoms with Crippen molar-refractivity contribution in [2.45, 2.75) is 25.8 Å². The lowest BCUT2D eigenvalue weighted by Gasteiger charge is -2.17. The number of hydrogen-bond acceptors (Lipinski definition) is 4. The zero-order valence-corrected chi connectivity index (χ0v) is 16.6. The Morgan fingerprint density at radius 2 is 2.19 bits per heavy atom. The van der Waals surface area contributed by atoms with Gasteiger partial charge in [-0.15, -0.1) is 35.3 Å². The van der Waals surface area contributed by atoms with Crippen LogP contribution in [0.3, 0.4) is 0 Å². The van der Waals surface area contributed by atoms with Crippen molar-refractivity contribution in [2.75, 3.05) is 25.6 Å². The number of aliphatic imine (C=N–C) groups is 1. The van der Waals surface area contributed by atoms with E-state index in [0.717, 1.165) is 13.0 Å². The summed E-state index contributed by atoms with van der Waals surface area (Å²) in [6.07, 6.45) is 2.79. The average Bonchev–Trinajstić information content (AvgIpc) is 2.87. The first kappa shape index (κ1) is 20.6. The van der Waals surface area contributed by atoms with Crippen LogP contribution in [0.15, 0.2) is 22.5 Å². The van der Waals surface area contributed by atoms with Gasteiger partial charge in [0, 0.05) is 30.8 Å². The molecule has 8 heteroatoms. The number of nitrogens with zero attached hydrogens (tertiary/aromatic N) is 1. The van der Waals surface area contributed by atoms with E-state index in [2.05, 4.69) is 27.1 Å². The van der Waals surface area contributed by atoms with E-state index in [1.165, 1.54) is 11.1 Å². The van der Waals surface area contributed by atoms with Gasteiger partial charge in [0.1, 0.15) is 9.84 Å². The Morgan fingerprint density at radius 3 is 2.71 bits per heavy atom. The van der Waals surface area contributed by atoms with E-state index in [9.17, 15) is 8.42 Å². The summed E-state index contributed by atoms with van der Waals surface area (Å²) in [5.41, 5.74) is 0. The van der Waals surface area contributed by atoms with E-state index < -0.39 is 9.84 Å². The van der Waals surface area contributed by atoms with Crippen LogP contribution in [-0.4, -0.2) is 46.0 Å². The summed E-state index contributed by atoms with van der Waals surface area (Å²) in [4.78, 5) is 5.47. The lowest BCUT2D eigenvalue weighted by atomic mass is 10.3. The van der Waals surface area contributed by atoms with E-state index in [1.807, 2.05) is 13.0 Å². The Balaban J connectivity index is 0.00000400. The normalized spacial score (nSPS) is 13.4. The van der Waals surface area contributed by atoms with Gasteiger partial charge in [-0.3, -0.25) is 4.99 Å². The molecule has 2 N–H and O–H groups in total. The van der Waals surface area contributed by atoms with Gasteiger partial charge in [0.05, 0.1) is 5.75 Å². The van der Waals surface area contributed by atoms with Crippen LogP contribution < -0.4 is 10.6 Å². The molecule has 0 spiro atoms. The fourth-order valence-corrected chi connectivity index (χ4v) is 3.14. The molecule has 0 aliphatic rings. The number of rotatable bonds is 7. The van der Waals surface area contributed by atoms with Gasteiger partial charge in [-0.05, 0) is 31.2 Å². The summed E-state index contributed by atoms with van der Waals surface area (Å²) in [5, 5.41) is 8.49. The zero-order valence-electron chi connectivity index (χ0n) is 12.6. The minimum Gasteiger partial charge on any atom is -0.356 e. The fraction of sp³-hybridized carbons (Fsp3) is 0.615. The molecule has 0 aliphatic heterocycles. The summed E-state index contributed by atoms with van der Waals surface area (Å²) in [7, 11) is -1.20. The first-order chi connectivity index (χ1) is 9.40. The highest BCUT2D eigenvalue weighted by molar-refractivity contribution is 14.0. The maximum Gasteiger partial charge on any atom is 0.191 e. The van der Waals surface area contributed by atoms with Gasteiger partial charge in [0.15, 0.2) is 5.96 Å². The smallest absolute Gasteiger partial charge is 0.191 e. The van der Waals surface area contributed by atoms with Crippen LogP contribution in [-0.2, 0) is 16.3 Å². The molecule has 1 aromatic rings. The second kappa shape index (κ2) is 10.4. The SMILES string of the molecule is CN=C(NCCc1cccs1)NC(C)CCS(C)(=O)=O.I. The number of halogens is 1. The molecule has 0 aromatic carbocycles. The van der Waals surface area contributed by atoms with Crippen molar-refractivity contribution in [1.29, 1.82) is 0 Å². The van der Waals surface area contributed by atoms with Gasteiger partial charge >= 0.3 is 0 Å². The summed E-state index contributed by atoms with van der Waals surface area (Å²) >= 11 is 1.74. The fourth-order valence-electron chi connectivity index (χ4n) is 1.65. The molecule has 21 heavy (non-hydrogen) atoms. The van der Waals surface area contributed by atoms with Crippen LogP contribution in [0, 0.1) is 0 Å².